The van der Waals surface area contributed by atoms with E-state index in [2.05, 4.69) is 34.6 Å². The van der Waals surface area contributed by atoms with Crippen LogP contribution in [0.15, 0.2) is 11.6 Å². The van der Waals surface area contributed by atoms with Crippen LogP contribution in [0.1, 0.15) is 19.5 Å². The Kier molecular flexibility index (Phi) is 2.71. The molecule has 2 aromatic heterocycles. The third-order valence-corrected chi connectivity index (χ3v) is 2.93. The highest BCUT2D eigenvalue weighted by Crippen LogP contribution is 2.16. The maximum atomic E-state index is 5.31. The number of allylic oxidation sites excluding steroid dienone is 2. The van der Waals surface area contributed by atoms with Gasteiger partial charge in [0.1, 0.15) is 5.52 Å². The smallest absolute Gasteiger partial charge is 0.179 e. The summed E-state index contributed by atoms with van der Waals surface area (Å²) >= 11 is 5.31. The molecule has 0 aliphatic rings. The van der Waals surface area contributed by atoms with E-state index in [1.165, 1.54) is 5.57 Å². The van der Waals surface area contributed by atoms with Gasteiger partial charge in [-0.05, 0) is 33.0 Å². The summed E-state index contributed by atoms with van der Waals surface area (Å²) < 4.78 is 4.69. The van der Waals surface area contributed by atoms with Gasteiger partial charge in [-0.1, -0.05) is 11.6 Å². The first-order valence-electron chi connectivity index (χ1n) is 5.26. The summed E-state index contributed by atoms with van der Waals surface area (Å²) in [6, 6.07) is 0. The summed E-state index contributed by atoms with van der Waals surface area (Å²) in [7, 11) is 1.94. The first-order chi connectivity index (χ1) is 7.50. The van der Waals surface area contributed by atoms with Gasteiger partial charge in [0.25, 0.3) is 0 Å². The van der Waals surface area contributed by atoms with Crippen molar-refractivity contribution in [3.05, 3.63) is 22.1 Å². The molecule has 0 aliphatic carbocycles. The van der Waals surface area contributed by atoms with E-state index in [9.17, 15) is 0 Å². The molecule has 0 saturated carbocycles. The molecule has 4 nitrogen and oxygen atoms in total. The third-order valence-electron chi connectivity index (χ3n) is 2.61. The number of H-pyrrole nitrogens is 1. The number of aromatic nitrogens is 4. The lowest BCUT2D eigenvalue weighted by Crippen LogP contribution is -2.01. The second-order valence-electron chi connectivity index (χ2n) is 4.23. The highest BCUT2D eigenvalue weighted by molar-refractivity contribution is 7.71. The van der Waals surface area contributed by atoms with Crippen LogP contribution in [0.5, 0.6) is 0 Å². The molecule has 0 unspecified atom stereocenters. The molecule has 16 heavy (non-hydrogen) atoms. The number of rotatable bonds is 2. The van der Waals surface area contributed by atoms with E-state index >= 15 is 0 Å². The molecule has 0 amide bonds. The molecule has 0 atom stereocenters. The zero-order chi connectivity index (χ0) is 11.9. The van der Waals surface area contributed by atoms with Crippen molar-refractivity contribution in [2.45, 2.75) is 27.3 Å². The van der Waals surface area contributed by atoms with Crippen molar-refractivity contribution >= 4 is 23.4 Å². The van der Waals surface area contributed by atoms with Crippen molar-refractivity contribution in [1.82, 2.24) is 19.3 Å². The van der Waals surface area contributed by atoms with Crippen LogP contribution in [-0.2, 0) is 13.6 Å². The zero-order valence-corrected chi connectivity index (χ0v) is 10.9. The highest BCUT2D eigenvalue weighted by atomic mass is 32.1. The molecule has 0 fully saturated rings. The maximum absolute atomic E-state index is 5.31. The van der Waals surface area contributed by atoms with Gasteiger partial charge in [0.2, 0.25) is 0 Å². The Bertz CT molecular complexity index is 608. The molecule has 86 valence electrons. The van der Waals surface area contributed by atoms with Gasteiger partial charge >= 0.3 is 0 Å². The van der Waals surface area contributed by atoms with E-state index in [1.54, 1.807) is 0 Å². The van der Waals surface area contributed by atoms with Crippen LogP contribution in [0, 0.1) is 11.7 Å². The monoisotopic (exact) mass is 236 g/mol. The quantitative estimate of drug-likeness (QED) is 0.643. The number of nitrogens with zero attached hydrogens (tertiary/aromatic N) is 3. The SMILES string of the molecule is CC(C)=CCn1c(=S)[nH]c2c(C)nn(C)c21. The fourth-order valence-electron chi connectivity index (χ4n) is 1.82. The molecule has 2 aromatic rings. The Labute approximate surface area is 99.6 Å². The van der Waals surface area contributed by atoms with E-state index in [1.807, 2.05) is 18.7 Å². The predicted molar refractivity (Wildman–Crippen MR) is 68.1 cm³/mol. The van der Waals surface area contributed by atoms with Gasteiger partial charge in [0, 0.05) is 13.6 Å². The minimum absolute atomic E-state index is 0.753. The molecule has 5 heteroatoms. The molecule has 0 aliphatic heterocycles. The van der Waals surface area contributed by atoms with E-state index < -0.39 is 0 Å². The molecular formula is C11H16N4S. The van der Waals surface area contributed by atoms with Crippen molar-refractivity contribution in [2.24, 2.45) is 7.05 Å². The van der Waals surface area contributed by atoms with Crippen LogP contribution < -0.4 is 0 Å². The molecule has 2 heterocycles. The molecule has 0 spiro atoms. The number of aromatic amines is 1. The second-order valence-corrected chi connectivity index (χ2v) is 4.62. The van der Waals surface area contributed by atoms with Crippen LogP contribution in [0.4, 0.5) is 0 Å². The van der Waals surface area contributed by atoms with Crippen molar-refractivity contribution in [2.75, 3.05) is 0 Å². The normalized spacial score (nSPS) is 11.0. The number of hydrogen-bond donors (Lipinski definition) is 1. The van der Waals surface area contributed by atoms with Crippen LogP contribution in [-0.4, -0.2) is 19.3 Å². The maximum Gasteiger partial charge on any atom is 0.179 e. The standard InChI is InChI=1S/C11H16N4S/c1-7(2)5-6-15-10-9(12-11(15)16)8(3)13-14(10)4/h5H,6H2,1-4H3,(H,12,16). The first kappa shape index (κ1) is 11.1. The number of aryl methyl sites for hydroxylation is 2. The summed E-state index contributed by atoms with van der Waals surface area (Å²) in [5.74, 6) is 0. The van der Waals surface area contributed by atoms with Crippen molar-refractivity contribution in [3.63, 3.8) is 0 Å². The number of hydrogen-bond acceptors (Lipinski definition) is 2. The van der Waals surface area contributed by atoms with Gasteiger partial charge in [-0.2, -0.15) is 5.10 Å². The fraction of sp³-hybridized carbons (Fsp3) is 0.455. The zero-order valence-electron chi connectivity index (χ0n) is 10.0. The Hall–Kier alpha value is -1.36. The Morgan fingerprint density at radius 1 is 1.50 bits per heavy atom. The number of nitrogens with one attached hydrogen (secondary N) is 1. The fourth-order valence-corrected chi connectivity index (χ4v) is 2.08. The minimum atomic E-state index is 0.753. The molecular weight excluding hydrogens is 220 g/mol. The summed E-state index contributed by atoms with van der Waals surface area (Å²) in [5.41, 5.74) is 4.37. The number of imidazole rings is 1. The van der Waals surface area contributed by atoms with E-state index in [0.717, 1.165) is 28.2 Å². The summed E-state index contributed by atoms with van der Waals surface area (Å²) in [5, 5.41) is 4.38. The average Bonchev–Trinajstić information content (AvgIpc) is 2.63. The second kappa shape index (κ2) is 3.90. The van der Waals surface area contributed by atoms with Gasteiger partial charge in [-0.25, -0.2) is 0 Å². The van der Waals surface area contributed by atoms with Crippen molar-refractivity contribution < 1.29 is 0 Å². The van der Waals surface area contributed by atoms with Crippen LogP contribution in [0.2, 0.25) is 0 Å². The van der Waals surface area contributed by atoms with Crippen LogP contribution in [0.3, 0.4) is 0 Å². The lowest BCUT2D eigenvalue weighted by atomic mass is 10.3. The van der Waals surface area contributed by atoms with Gasteiger partial charge in [0.05, 0.1) is 5.69 Å². The highest BCUT2D eigenvalue weighted by Gasteiger charge is 2.11. The van der Waals surface area contributed by atoms with Gasteiger partial charge in [-0.3, -0.25) is 9.25 Å². The van der Waals surface area contributed by atoms with Gasteiger partial charge < -0.3 is 4.98 Å². The summed E-state index contributed by atoms with van der Waals surface area (Å²) in [6.45, 7) is 6.95. The third kappa shape index (κ3) is 1.71. The van der Waals surface area contributed by atoms with Gasteiger partial charge in [0.15, 0.2) is 10.4 Å². The Morgan fingerprint density at radius 3 is 2.81 bits per heavy atom. The summed E-state index contributed by atoms with van der Waals surface area (Å²) in [6.07, 6.45) is 2.16. The first-order valence-corrected chi connectivity index (χ1v) is 5.67. The Balaban J connectivity index is 2.64. The predicted octanol–water partition coefficient (Wildman–Crippen LogP) is 2.71. The van der Waals surface area contributed by atoms with E-state index in [-0.39, 0.29) is 0 Å². The topological polar surface area (TPSA) is 38.5 Å². The number of fused-ring (bicyclic) bond motifs is 1. The molecule has 0 saturated heterocycles. The minimum Gasteiger partial charge on any atom is -0.328 e. The molecule has 1 N–H and O–H groups in total. The molecule has 0 bridgehead atoms. The molecule has 0 radical (unpaired) electrons. The molecule has 0 aromatic carbocycles. The lowest BCUT2D eigenvalue weighted by molar-refractivity contribution is 0.720. The van der Waals surface area contributed by atoms with Crippen LogP contribution >= 0.6 is 12.2 Å². The lowest BCUT2D eigenvalue weighted by Gasteiger charge is -2.01. The largest absolute Gasteiger partial charge is 0.328 e. The Morgan fingerprint density at radius 2 is 2.19 bits per heavy atom. The van der Waals surface area contributed by atoms with E-state index in [4.69, 9.17) is 12.2 Å². The van der Waals surface area contributed by atoms with Crippen molar-refractivity contribution in [3.8, 4) is 0 Å². The van der Waals surface area contributed by atoms with Gasteiger partial charge in [-0.15, -0.1) is 0 Å². The average molecular weight is 236 g/mol. The van der Waals surface area contributed by atoms with Crippen LogP contribution in [0.25, 0.3) is 11.2 Å². The molecule has 2 rings (SSSR count). The summed E-state index contributed by atoms with van der Waals surface area (Å²) in [4.78, 5) is 3.21. The van der Waals surface area contributed by atoms with Crippen molar-refractivity contribution in [1.29, 1.82) is 0 Å². The van der Waals surface area contributed by atoms with E-state index in [0.29, 0.717) is 0 Å².